The van der Waals surface area contributed by atoms with Gasteiger partial charge in [0.2, 0.25) is 0 Å². The summed E-state index contributed by atoms with van der Waals surface area (Å²) in [5, 5.41) is 3.72. The average Bonchev–Trinajstić information content (AvgIpc) is 2.62. The highest BCUT2D eigenvalue weighted by Gasteiger charge is 2.13. The normalized spacial score (nSPS) is 11.7. The molecular formula is C21H26ClNO3. The fraction of sp³-hybridized carbons (Fsp3) is 0.381. The van der Waals surface area contributed by atoms with Gasteiger partial charge in [0.05, 0.1) is 7.11 Å². The van der Waals surface area contributed by atoms with Gasteiger partial charge in [0.1, 0.15) is 18.1 Å². The van der Waals surface area contributed by atoms with Gasteiger partial charge in [-0.05, 0) is 62.2 Å². The molecule has 0 saturated heterocycles. The number of benzene rings is 2. The Labute approximate surface area is 160 Å². The van der Waals surface area contributed by atoms with E-state index in [0.29, 0.717) is 22.9 Å². The van der Waals surface area contributed by atoms with Crippen LogP contribution in [0.1, 0.15) is 48.2 Å². The smallest absolute Gasteiger partial charge is 0.251 e. The molecule has 0 aliphatic rings. The topological polar surface area (TPSA) is 47.6 Å². The van der Waals surface area contributed by atoms with E-state index in [0.717, 1.165) is 29.7 Å². The highest BCUT2D eigenvalue weighted by atomic mass is 35.5. The summed E-state index contributed by atoms with van der Waals surface area (Å²) in [6, 6.07) is 11.0. The summed E-state index contributed by atoms with van der Waals surface area (Å²) in [6.45, 7) is 6.34. The number of halogens is 1. The highest BCUT2D eigenvalue weighted by Crippen LogP contribution is 2.25. The van der Waals surface area contributed by atoms with Crippen molar-refractivity contribution in [1.29, 1.82) is 0 Å². The van der Waals surface area contributed by atoms with Gasteiger partial charge in [-0.25, -0.2) is 0 Å². The Morgan fingerprint density at radius 1 is 1.23 bits per heavy atom. The number of nitrogens with one attached hydrogen (secondary N) is 1. The van der Waals surface area contributed by atoms with Gasteiger partial charge >= 0.3 is 0 Å². The van der Waals surface area contributed by atoms with Crippen LogP contribution in [0.4, 0.5) is 0 Å². The lowest BCUT2D eigenvalue weighted by Crippen LogP contribution is -2.32. The van der Waals surface area contributed by atoms with E-state index >= 15 is 0 Å². The van der Waals surface area contributed by atoms with Crippen LogP contribution in [0.2, 0.25) is 5.02 Å². The molecule has 1 N–H and O–H groups in total. The molecule has 0 radical (unpaired) electrons. The van der Waals surface area contributed by atoms with Gasteiger partial charge in [-0.1, -0.05) is 24.9 Å². The number of amides is 1. The molecule has 0 heterocycles. The SMILES string of the molecule is CCC[C@H](C)NC(=O)c1ccc(OC)c(COc2ccc(Cl)c(C)c2)c1. The van der Waals surface area contributed by atoms with Crippen molar-refractivity contribution in [1.82, 2.24) is 5.32 Å². The average molecular weight is 376 g/mol. The number of hydrogen-bond donors (Lipinski definition) is 1. The maximum atomic E-state index is 12.4. The Balaban J connectivity index is 2.13. The van der Waals surface area contributed by atoms with Crippen molar-refractivity contribution in [3.05, 3.63) is 58.1 Å². The summed E-state index contributed by atoms with van der Waals surface area (Å²) >= 11 is 6.04. The number of methoxy groups -OCH3 is 1. The van der Waals surface area contributed by atoms with Gasteiger partial charge in [0, 0.05) is 22.2 Å². The van der Waals surface area contributed by atoms with Crippen LogP contribution in [0.5, 0.6) is 11.5 Å². The molecule has 1 atom stereocenters. The van der Waals surface area contributed by atoms with Crippen LogP contribution in [0.3, 0.4) is 0 Å². The summed E-state index contributed by atoms with van der Waals surface area (Å²) < 4.78 is 11.3. The number of aryl methyl sites for hydroxylation is 1. The number of rotatable bonds is 8. The van der Waals surface area contributed by atoms with E-state index in [1.165, 1.54) is 0 Å². The van der Waals surface area contributed by atoms with Crippen LogP contribution >= 0.6 is 11.6 Å². The molecule has 0 fully saturated rings. The lowest BCUT2D eigenvalue weighted by Gasteiger charge is -2.15. The van der Waals surface area contributed by atoms with E-state index in [1.54, 1.807) is 19.2 Å². The van der Waals surface area contributed by atoms with E-state index in [2.05, 4.69) is 12.2 Å². The predicted molar refractivity (Wildman–Crippen MR) is 105 cm³/mol. The fourth-order valence-electron chi connectivity index (χ4n) is 2.71. The largest absolute Gasteiger partial charge is 0.496 e. The molecule has 1 amide bonds. The fourth-order valence-corrected chi connectivity index (χ4v) is 2.83. The van der Waals surface area contributed by atoms with Gasteiger partial charge in [-0.15, -0.1) is 0 Å². The minimum absolute atomic E-state index is 0.0859. The second-order valence-corrected chi connectivity index (χ2v) is 6.80. The number of hydrogen-bond acceptors (Lipinski definition) is 3. The van der Waals surface area contributed by atoms with E-state index in [-0.39, 0.29) is 11.9 Å². The Hall–Kier alpha value is -2.20. The Kier molecular flexibility index (Phi) is 7.34. The first-order valence-corrected chi connectivity index (χ1v) is 9.19. The third-order valence-electron chi connectivity index (χ3n) is 4.17. The maximum Gasteiger partial charge on any atom is 0.251 e. The summed E-state index contributed by atoms with van der Waals surface area (Å²) in [4.78, 5) is 12.4. The molecule has 5 heteroatoms. The van der Waals surface area contributed by atoms with E-state index in [9.17, 15) is 4.79 Å². The summed E-state index contributed by atoms with van der Waals surface area (Å²) in [5.41, 5.74) is 2.37. The first-order chi connectivity index (χ1) is 12.4. The van der Waals surface area contributed by atoms with Crippen LogP contribution in [0.25, 0.3) is 0 Å². The van der Waals surface area contributed by atoms with Crippen LogP contribution < -0.4 is 14.8 Å². The molecule has 0 aliphatic carbocycles. The lowest BCUT2D eigenvalue weighted by atomic mass is 10.1. The molecule has 0 unspecified atom stereocenters. The third-order valence-corrected chi connectivity index (χ3v) is 4.59. The first kappa shape index (κ1) is 20.1. The predicted octanol–water partition coefficient (Wildman–Crippen LogP) is 5.15. The summed E-state index contributed by atoms with van der Waals surface area (Å²) in [7, 11) is 1.61. The van der Waals surface area contributed by atoms with Crippen molar-refractivity contribution < 1.29 is 14.3 Å². The standard InChI is InChI=1S/C21H26ClNO3/c1-5-6-15(3)23-21(24)16-7-10-20(25-4)17(12-16)13-26-18-8-9-19(22)14(2)11-18/h7-12,15H,5-6,13H2,1-4H3,(H,23,24)/t15-/m0/s1. The van der Waals surface area contributed by atoms with Gasteiger partial charge in [-0.2, -0.15) is 0 Å². The van der Waals surface area contributed by atoms with E-state index in [4.69, 9.17) is 21.1 Å². The second kappa shape index (κ2) is 9.48. The number of carbonyl (C=O) groups excluding carboxylic acids is 1. The molecule has 2 aromatic carbocycles. The van der Waals surface area contributed by atoms with Gasteiger partial charge in [0.25, 0.3) is 5.91 Å². The van der Waals surface area contributed by atoms with Crippen molar-refractivity contribution in [2.45, 2.75) is 46.3 Å². The van der Waals surface area contributed by atoms with Crippen LogP contribution in [0, 0.1) is 6.92 Å². The van der Waals surface area contributed by atoms with Crippen molar-refractivity contribution in [3.8, 4) is 11.5 Å². The number of ether oxygens (including phenoxy) is 2. The molecule has 0 saturated carbocycles. The van der Waals surface area contributed by atoms with E-state index < -0.39 is 0 Å². The van der Waals surface area contributed by atoms with E-state index in [1.807, 2.05) is 38.1 Å². The maximum absolute atomic E-state index is 12.4. The molecule has 140 valence electrons. The zero-order valence-corrected chi connectivity index (χ0v) is 16.5. The molecule has 2 rings (SSSR count). The highest BCUT2D eigenvalue weighted by molar-refractivity contribution is 6.31. The molecular weight excluding hydrogens is 350 g/mol. The number of carbonyl (C=O) groups is 1. The van der Waals surface area contributed by atoms with Gasteiger partial charge < -0.3 is 14.8 Å². The quantitative estimate of drug-likeness (QED) is 0.693. The van der Waals surface area contributed by atoms with Gasteiger partial charge in [-0.3, -0.25) is 4.79 Å². The van der Waals surface area contributed by atoms with Crippen molar-refractivity contribution >= 4 is 17.5 Å². The molecule has 2 aromatic rings. The van der Waals surface area contributed by atoms with Gasteiger partial charge in [0.15, 0.2) is 0 Å². The Morgan fingerprint density at radius 2 is 2.00 bits per heavy atom. The van der Waals surface area contributed by atoms with Crippen LogP contribution in [0.15, 0.2) is 36.4 Å². The van der Waals surface area contributed by atoms with Crippen molar-refractivity contribution in [3.63, 3.8) is 0 Å². The molecule has 26 heavy (non-hydrogen) atoms. The minimum Gasteiger partial charge on any atom is -0.496 e. The molecule has 0 aliphatic heterocycles. The molecule has 0 bridgehead atoms. The minimum atomic E-state index is -0.0859. The van der Waals surface area contributed by atoms with Crippen molar-refractivity contribution in [2.75, 3.05) is 7.11 Å². The van der Waals surface area contributed by atoms with Crippen molar-refractivity contribution in [2.24, 2.45) is 0 Å². The van der Waals surface area contributed by atoms with Crippen LogP contribution in [-0.2, 0) is 6.61 Å². The zero-order valence-electron chi connectivity index (χ0n) is 15.8. The Bertz CT molecular complexity index is 761. The molecule has 4 nitrogen and oxygen atoms in total. The lowest BCUT2D eigenvalue weighted by molar-refractivity contribution is 0.0938. The Morgan fingerprint density at radius 3 is 2.65 bits per heavy atom. The monoisotopic (exact) mass is 375 g/mol. The summed E-state index contributed by atoms with van der Waals surface area (Å²) in [5.74, 6) is 1.33. The first-order valence-electron chi connectivity index (χ1n) is 8.81. The summed E-state index contributed by atoms with van der Waals surface area (Å²) in [6.07, 6.45) is 1.98. The molecule has 0 spiro atoms. The zero-order chi connectivity index (χ0) is 19.1. The van der Waals surface area contributed by atoms with Crippen LogP contribution in [-0.4, -0.2) is 19.1 Å². The second-order valence-electron chi connectivity index (χ2n) is 6.39. The molecule has 0 aromatic heterocycles. The third kappa shape index (κ3) is 5.40.